The maximum absolute atomic E-state index is 5.41. The number of fused-ring (bicyclic) bond motifs is 1. The summed E-state index contributed by atoms with van der Waals surface area (Å²) in [6.07, 6.45) is 2.39. The molecule has 2 aromatic rings. The Balaban J connectivity index is 2.14. The number of aromatic nitrogens is 1. The first-order chi connectivity index (χ1) is 8.38. The molecule has 0 aliphatic carbocycles. The van der Waals surface area contributed by atoms with Gasteiger partial charge < -0.3 is 10.1 Å². The highest BCUT2D eigenvalue weighted by Crippen LogP contribution is 2.31. The maximum atomic E-state index is 5.41. The average Bonchev–Trinajstić information content (AvgIpc) is 2.91. The van der Waals surface area contributed by atoms with Crippen LogP contribution in [0.25, 0.3) is 10.9 Å². The van der Waals surface area contributed by atoms with Crippen molar-refractivity contribution in [2.24, 2.45) is 0 Å². The van der Waals surface area contributed by atoms with Crippen molar-refractivity contribution in [2.75, 3.05) is 13.7 Å². The third-order valence-corrected chi connectivity index (χ3v) is 3.35. The SMILES string of the molecule is COc1nc2ccccc2cc1C1CCCN1. The number of hydrogen-bond donors (Lipinski definition) is 1. The van der Waals surface area contributed by atoms with Crippen LogP contribution in [0.1, 0.15) is 24.4 Å². The second-order valence-corrected chi connectivity index (χ2v) is 4.43. The molecule has 1 saturated heterocycles. The van der Waals surface area contributed by atoms with E-state index in [1.807, 2.05) is 18.2 Å². The zero-order valence-electron chi connectivity index (χ0n) is 9.94. The van der Waals surface area contributed by atoms with Crippen LogP contribution in [0.5, 0.6) is 5.88 Å². The van der Waals surface area contributed by atoms with E-state index in [9.17, 15) is 0 Å². The van der Waals surface area contributed by atoms with Gasteiger partial charge in [0.05, 0.1) is 12.6 Å². The third-order valence-electron chi connectivity index (χ3n) is 3.35. The van der Waals surface area contributed by atoms with Crippen molar-refractivity contribution in [1.82, 2.24) is 10.3 Å². The van der Waals surface area contributed by atoms with E-state index in [2.05, 4.69) is 22.4 Å². The van der Waals surface area contributed by atoms with Crippen molar-refractivity contribution >= 4 is 10.9 Å². The van der Waals surface area contributed by atoms with Crippen LogP contribution >= 0.6 is 0 Å². The number of rotatable bonds is 2. The number of nitrogens with one attached hydrogen (secondary N) is 1. The van der Waals surface area contributed by atoms with Crippen LogP contribution in [-0.4, -0.2) is 18.6 Å². The molecular formula is C14H16N2O. The molecule has 1 aromatic heterocycles. The molecule has 1 unspecified atom stereocenters. The van der Waals surface area contributed by atoms with Crippen molar-refractivity contribution < 1.29 is 4.74 Å². The molecule has 1 aromatic carbocycles. The first kappa shape index (κ1) is 10.5. The predicted octanol–water partition coefficient (Wildman–Crippen LogP) is 2.67. The highest BCUT2D eigenvalue weighted by molar-refractivity contribution is 5.80. The minimum Gasteiger partial charge on any atom is -0.481 e. The number of nitrogens with zero attached hydrogens (tertiary/aromatic N) is 1. The summed E-state index contributed by atoms with van der Waals surface area (Å²) < 4.78 is 5.41. The molecule has 17 heavy (non-hydrogen) atoms. The van der Waals surface area contributed by atoms with E-state index in [0.717, 1.165) is 24.4 Å². The van der Waals surface area contributed by atoms with Gasteiger partial charge in [-0.1, -0.05) is 18.2 Å². The number of ether oxygens (including phenoxy) is 1. The minimum absolute atomic E-state index is 0.391. The third kappa shape index (κ3) is 1.87. The lowest BCUT2D eigenvalue weighted by atomic mass is 10.0. The fourth-order valence-electron chi connectivity index (χ4n) is 2.48. The monoisotopic (exact) mass is 228 g/mol. The number of pyridine rings is 1. The summed E-state index contributed by atoms with van der Waals surface area (Å²) in [5.41, 5.74) is 2.18. The lowest BCUT2D eigenvalue weighted by Crippen LogP contribution is -2.14. The van der Waals surface area contributed by atoms with Gasteiger partial charge in [0.2, 0.25) is 5.88 Å². The molecule has 0 saturated carbocycles. The average molecular weight is 228 g/mol. The van der Waals surface area contributed by atoms with Crippen LogP contribution in [0.4, 0.5) is 0 Å². The van der Waals surface area contributed by atoms with Crippen molar-refractivity contribution in [3.05, 3.63) is 35.9 Å². The molecule has 1 aliphatic rings. The Morgan fingerprint density at radius 2 is 2.24 bits per heavy atom. The molecule has 0 radical (unpaired) electrons. The quantitative estimate of drug-likeness (QED) is 0.858. The zero-order valence-corrected chi connectivity index (χ0v) is 9.94. The molecule has 88 valence electrons. The van der Waals surface area contributed by atoms with Crippen LogP contribution < -0.4 is 10.1 Å². The Morgan fingerprint density at radius 1 is 1.35 bits per heavy atom. The smallest absolute Gasteiger partial charge is 0.218 e. The van der Waals surface area contributed by atoms with E-state index < -0.39 is 0 Å². The van der Waals surface area contributed by atoms with Gasteiger partial charge in [0.15, 0.2) is 0 Å². The molecule has 0 bridgehead atoms. The topological polar surface area (TPSA) is 34.1 Å². The molecule has 1 aliphatic heterocycles. The lowest BCUT2D eigenvalue weighted by molar-refractivity contribution is 0.388. The first-order valence-electron chi connectivity index (χ1n) is 6.05. The highest BCUT2D eigenvalue weighted by atomic mass is 16.5. The van der Waals surface area contributed by atoms with Gasteiger partial charge in [0.25, 0.3) is 0 Å². The summed E-state index contributed by atoms with van der Waals surface area (Å²) in [7, 11) is 1.69. The van der Waals surface area contributed by atoms with Crippen LogP contribution in [0.2, 0.25) is 0 Å². The number of methoxy groups -OCH3 is 1. The summed E-state index contributed by atoms with van der Waals surface area (Å²) in [5.74, 6) is 0.753. The van der Waals surface area contributed by atoms with E-state index >= 15 is 0 Å². The van der Waals surface area contributed by atoms with Gasteiger partial charge >= 0.3 is 0 Å². The molecule has 1 fully saturated rings. The van der Waals surface area contributed by atoms with E-state index in [4.69, 9.17) is 4.74 Å². The Hall–Kier alpha value is -1.61. The van der Waals surface area contributed by atoms with E-state index in [-0.39, 0.29) is 0 Å². The van der Waals surface area contributed by atoms with Crippen LogP contribution in [-0.2, 0) is 0 Å². The van der Waals surface area contributed by atoms with E-state index in [1.165, 1.54) is 17.4 Å². The van der Waals surface area contributed by atoms with Gasteiger partial charge in [-0.3, -0.25) is 0 Å². The largest absolute Gasteiger partial charge is 0.481 e. The van der Waals surface area contributed by atoms with Crippen molar-refractivity contribution in [3.8, 4) is 5.88 Å². The summed E-state index contributed by atoms with van der Waals surface area (Å²) >= 11 is 0. The van der Waals surface area contributed by atoms with Gasteiger partial charge in [-0.05, 0) is 31.5 Å². The zero-order chi connectivity index (χ0) is 11.7. The van der Waals surface area contributed by atoms with Gasteiger partial charge in [0.1, 0.15) is 0 Å². The molecule has 0 amide bonds. The van der Waals surface area contributed by atoms with Gasteiger partial charge in [-0.2, -0.15) is 0 Å². The van der Waals surface area contributed by atoms with Gasteiger partial charge in [-0.25, -0.2) is 4.98 Å². The normalized spacial score (nSPS) is 19.7. The molecule has 2 heterocycles. The summed E-state index contributed by atoms with van der Waals surface area (Å²) in [6.45, 7) is 1.08. The predicted molar refractivity (Wildman–Crippen MR) is 68.3 cm³/mol. The highest BCUT2D eigenvalue weighted by Gasteiger charge is 2.21. The molecule has 1 atom stereocenters. The van der Waals surface area contributed by atoms with E-state index in [1.54, 1.807) is 7.11 Å². The molecule has 1 N–H and O–H groups in total. The Labute approximate surface area is 101 Å². The molecule has 3 heteroatoms. The van der Waals surface area contributed by atoms with Crippen molar-refractivity contribution in [1.29, 1.82) is 0 Å². The second kappa shape index (κ2) is 4.34. The van der Waals surface area contributed by atoms with Crippen LogP contribution in [0.3, 0.4) is 0 Å². The molecular weight excluding hydrogens is 212 g/mol. The summed E-state index contributed by atoms with van der Waals surface area (Å²) in [4.78, 5) is 4.58. The number of hydrogen-bond acceptors (Lipinski definition) is 3. The minimum atomic E-state index is 0.391. The van der Waals surface area contributed by atoms with Crippen LogP contribution in [0, 0.1) is 0 Å². The number of para-hydroxylation sites is 1. The van der Waals surface area contributed by atoms with Gasteiger partial charge in [-0.15, -0.1) is 0 Å². The Bertz CT molecular complexity index is 533. The molecule has 3 rings (SSSR count). The maximum Gasteiger partial charge on any atom is 0.218 e. The second-order valence-electron chi connectivity index (χ2n) is 4.43. The fraction of sp³-hybridized carbons (Fsp3) is 0.357. The van der Waals surface area contributed by atoms with E-state index in [0.29, 0.717) is 6.04 Å². The van der Waals surface area contributed by atoms with Crippen molar-refractivity contribution in [3.63, 3.8) is 0 Å². The van der Waals surface area contributed by atoms with Crippen molar-refractivity contribution in [2.45, 2.75) is 18.9 Å². The first-order valence-corrected chi connectivity index (χ1v) is 6.05. The summed E-state index contributed by atoms with van der Waals surface area (Å²) in [6, 6.07) is 10.8. The number of benzene rings is 1. The Morgan fingerprint density at radius 3 is 3.00 bits per heavy atom. The lowest BCUT2D eigenvalue weighted by Gasteiger charge is -2.15. The van der Waals surface area contributed by atoms with Crippen LogP contribution in [0.15, 0.2) is 30.3 Å². The Kier molecular flexibility index (Phi) is 2.69. The molecule has 0 spiro atoms. The standard InChI is InChI=1S/C14H16N2O/c1-17-14-11(13-7-4-8-15-13)9-10-5-2-3-6-12(10)16-14/h2-3,5-6,9,13,15H,4,7-8H2,1H3. The van der Waals surface area contributed by atoms with Gasteiger partial charge in [0, 0.05) is 17.0 Å². The molecule has 3 nitrogen and oxygen atoms in total. The summed E-state index contributed by atoms with van der Waals surface area (Å²) in [5, 5.41) is 4.67. The fourth-order valence-corrected chi connectivity index (χ4v) is 2.48.